The van der Waals surface area contributed by atoms with Gasteiger partial charge in [0.1, 0.15) is 5.82 Å². The minimum absolute atomic E-state index is 0.0848. The molecule has 2 aromatic rings. The van der Waals surface area contributed by atoms with Gasteiger partial charge in [-0.05, 0) is 32.2 Å². The van der Waals surface area contributed by atoms with Crippen LogP contribution in [0, 0.1) is 0 Å². The predicted molar refractivity (Wildman–Crippen MR) is 116 cm³/mol. The number of para-hydroxylation sites is 1. The molecule has 1 fully saturated rings. The van der Waals surface area contributed by atoms with Gasteiger partial charge in [0.2, 0.25) is 5.91 Å². The van der Waals surface area contributed by atoms with Gasteiger partial charge in [0.25, 0.3) is 0 Å². The van der Waals surface area contributed by atoms with Gasteiger partial charge in [-0.15, -0.1) is 11.8 Å². The summed E-state index contributed by atoms with van der Waals surface area (Å²) in [7, 11) is 0. The molecule has 1 unspecified atom stereocenters. The van der Waals surface area contributed by atoms with Crippen LogP contribution >= 0.6 is 11.8 Å². The fourth-order valence-electron chi connectivity index (χ4n) is 3.69. The summed E-state index contributed by atoms with van der Waals surface area (Å²) in [4.78, 5) is 22.9. The molecule has 0 saturated carbocycles. The Morgan fingerprint density at radius 1 is 1.32 bits per heavy atom. The lowest BCUT2D eigenvalue weighted by atomic mass is 10.1. The average Bonchev–Trinajstić information content (AvgIpc) is 3.16. The molecule has 1 atom stereocenters. The summed E-state index contributed by atoms with van der Waals surface area (Å²) in [6, 6.07) is 8.40. The molecule has 1 N–H and O–H groups in total. The van der Waals surface area contributed by atoms with Crippen LogP contribution in [0.2, 0.25) is 0 Å². The van der Waals surface area contributed by atoms with Crippen molar-refractivity contribution in [1.29, 1.82) is 0 Å². The maximum absolute atomic E-state index is 12.4. The maximum atomic E-state index is 12.4. The van der Waals surface area contributed by atoms with Crippen LogP contribution in [-0.2, 0) is 17.9 Å². The highest BCUT2D eigenvalue weighted by atomic mass is 32.2. The van der Waals surface area contributed by atoms with Crippen molar-refractivity contribution in [1.82, 2.24) is 19.4 Å². The van der Waals surface area contributed by atoms with Gasteiger partial charge in [-0.25, -0.2) is 4.98 Å². The van der Waals surface area contributed by atoms with Gasteiger partial charge in [0.05, 0.1) is 12.2 Å². The molecule has 1 saturated heterocycles. The van der Waals surface area contributed by atoms with Gasteiger partial charge in [0.15, 0.2) is 0 Å². The number of carbonyl (C=O) groups excluding carboxylic acids is 1. The number of imidazole rings is 1. The van der Waals surface area contributed by atoms with E-state index >= 15 is 0 Å². The number of hydrogen-bond acceptors (Lipinski definition) is 5. The number of nitrogens with zero attached hydrogens (tertiary/aromatic N) is 4. The summed E-state index contributed by atoms with van der Waals surface area (Å²) < 4.78 is 2.20. The highest BCUT2D eigenvalue weighted by Crippen LogP contribution is 2.24. The Morgan fingerprint density at radius 3 is 2.89 bits per heavy atom. The van der Waals surface area contributed by atoms with E-state index in [1.165, 1.54) is 0 Å². The average molecular weight is 402 g/mol. The summed E-state index contributed by atoms with van der Waals surface area (Å²) in [5.41, 5.74) is 0.907. The van der Waals surface area contributed by atoms with E-state index in [2.05, 4.69) is 38.5 Å². The monoisotopic (exact) mass is 401 g/mol. The van der Waals surface area contributed by atoms with Gasteiger partial charge in [-0.2, -0.15) is 0 Å². The van der Waals surface area contributed by atoms with Crippen LogP contribution in [0.1, 0.15) is 26.1 Å². The molecule has 6 nitrogen and oxygen atoms in total. The minimum Gasteiger partial charge on any atom is -0.334 e. The molecule has 7 heteroatoms. The molecular weight excluding hydrogens is 370 g/mol. The number of piperazine rings is 1. The first kappa shape index (κ1) is 20.9. The Morgan fingerprint density at radius 2 is 2.14 bits per heavy atom. The third-order valence-electron chi connectivity index (χ3n) is 5.37. The Kier molecular flexibility index (Phi) is 7.53. The number of amides is 1. The highest BCUT2D eigenvalue weighted by molar-refractivity contribution is 7.98. The number of nitrogens with one attached hydrogen (secondary N) is 1. The zero-order chi connectivity index (χ0) is 19.9. The van der Waals surface area contributed by atoms with Gasteiger partial charge < -0.3 is 14.8 Å². The van der Waals surface area contributed by atoms with Crippen molar-refractivity contribution in [3.63, 3.8) is 0 Å². The molecule has 1 aromatic heterocycles. The first-order valence-electron chi connectivity index (χ1n) is 10.00. The number of benzene rings is 1. The fraction of sp³-hybridized carbons (Fsp3) is 0.524. The lowest BCUT2D eigenvalue weighted by Gasteiger charge is -2.39. The van der Waals surface area contributed by atoms with E-state index in [9.17, 15) is 4.79 Å². The Bertz CT molecular complexity index is 778. The molecule has 0 spiro atoms. The third kappa shape index (κ3) is 5.37. The van der Waals surface area contributed by atoms with Gasteiger partial charge in [-0.1, -0.05) is 12.1 Å². The normalized spacial score (nSPS) is 18.3. The number of rotatable bonds is 8. The largest absolute Gasteiger partial charge is 0.334 e. The van der Waals surface area contributed by atoms with E-state index in [1.807, 2.05) is 42.9 Å². The van der Waals surface area contributed by atoms with Gasteiger partial charge in [0, 0.05) is 62.5 Å². The molecular formula is C21H31N5OS. The van der Waals surface area contributed by atoms with Crippen LogP contribution in [0.3, 0.4) is 0 Å². The zero-order valence-corrected chi connectivity index (χ0v) is 17.9. The van der Waals surface area contributed by atoms with Gasteiger partial charge >= 0.3 is 0 Å². The fourth-order valence-corrected chi connectivity index (χ4v) is 4.24. The Labute approximate surface area is 172 Å². The van der Waals surface area contributed by atoms with Crippen molar-refractivity contribution in [2.75, 3.05) is 37.8 Å². The number of carbonyl (C=O) groups is 1. The highest BCUT2D eigenvalue weighted by Gasteiger charge is 2.25. The predicted octanol–water partition coefficient (Wildman–Crippen LogP) is 3.16. The second-order valence-corrected chi connectivity index (χ2v) is 8.10. The topological polar surface area (TPSA) is 53.4 Å². The molecule has 0 radical (unpaired) electrons. The van der Waals surface area contributed by atoms with Crippen LogP contribution in [0.25, 0.3) is 0 Å². The van der Waals surface area contributed by atoms with Crippen LogP contribution in [-0.4, -0.2) is 63.7 Å². The van der Waals surface area contributed by atoms with Gasteiger partial charge in [-0.3, -0.25) is 9.69 Å². The quantitative estimate of drug-likeness (QED) is 0.689. The van der Waals surface area contributed by atoms with Crippen LogP contribution in [0.15, 0.2) is 41.6 Å². The summed E-state index contributed by atoms with van der Waals surface area (Å²) in [5, 5.41) is 3.06. The van der Waals surface area contributed by atoms with Crippen LogP contribution in [0.5, 0.6) is 0 Å². The number of thioether (sulfide) groups is 1. The molecule has 0 bridgehead atoms. The van der Waals surface area contributed by atoms with Crippen LogP contribution < -0.4 is 5.32 Å². The van der Waals surface area contributed by atoms with E-state index in [0.717, 1.165) is 55.7 Å². The number of aromatic nitrogens is 2. The molecule has 152 valence electrons. The Balaban J connectivity index is 1.45. The third-order valence-corrected chi connectivity index (χ3v) is 6.17. The van der Waals surface area contributed by atoms with E-state index in [1.54, 1.807) is 11.8 Å². The molecule has 1 aliphatic rings. The number of aryl methyl sites for hydroxylation is 1. The lowest BCUT2D eigenvalue weighted by molar-refractivity contribution is -0.116. The summed E-state index contributed by atoms with van der Waals surface area (Å²) in [5.74, 6) is 1.22. The summed E-state index contributed by atoms with van der Waals surface area (Å²) in [6.45, 7) is 10.0. The summed E-state index contributed by atoms with van der Waals surface area (Å²) >= 11 is 1.65. The zero-order valence-electron chi connectivity index (χ0n) is 17.1. The number of hydrogen-bond donors (Lipinski definition) is 1. The molecule has 1 amide bonds. The van der Waals surface area contributed by atoms with Crippen molar-refractivity contribution < 1.29 is 4.79 Å². The molecule has 28 heavy (non-hydrogen) atoms. The molecule has 3 rings (SSSR count). The van der Waals surface area contributed by atoms with E-state index < -0.39 is 0 Å². The summed E-state index contributed by atoms with van der Waals surface area (Å²) in [6.07, 6.45) is 6.48. The second-order valence-electron chi connectivity index (χ2n) is 7.25. The van der Waals surface area contributed by atoms with Crippen molar-refractivity contribution in [2.24, 2.45) is 0 Å². The van der Waals surface area contributed by atoms with Crippen LogP contribution in [0.4, 0.5) is 5.69 Å². The SMILES string of the molecule is CCn1ccnc1CN1CCN(CCC(=O)Nc2ccccc2SC)CC1C. The van der Waals surface area contributed by atoms with Crippen molar-refractivity contribution in [3.8, 4) is 0 Å². The molecule has 2 heterocycles. The first-order valence-corrected chi connectivity index (χ1v) is 11.2. The Hall–Kier alpha value is -1.83. The smallest absolute Gasteiger partial charge is 0.225 e. The standard InChI is InChI=1S/C21H31N5OS/c1-4-25-12-10-22-20(25)16-26-14-13-24(15-17(26)2)11-9-21(27)23-18-7-5-6-8-19(18)28-3/h5-8,10,12,17H,4,9,11,13-16H2,1-3H3,(H,23,27). The molecule has 1 aromatic carbocycles. The molecule has 1 aliphatic heterocycles. The maximum Gasteiger partial charge on any atom is 0.225 e. The van der Waals surface area contributed by atoms with Crippen molar-refractivity contribution in [3.05, 3.63) is 42.5 Å². The van der Waals surface area contributed by atoms with Crippen molar-refractivity contribution >= 4 is 23.4 Å². The van der Waals surface area contributed by atoms with E-state index in [0.29, 0.717) is 12.5 Å². The van der Waals surface area contributed by atoms with Crippen molar-refractivity contribution in [2.45, 2.75) is 44.3 Å². The lowest BCUT2D eigenvalue weighted by Crippen LogP contribution is -2.52. The van der Waals surface area contributed by atoms with E-state index in [-0.39, 0.29) is 5.91 Å². The minimum atomic E-state index is 0.0848. The second kappa shape index (κ2) is 10.1. The van der Waals surface area contributed by atoms with E-state index in [4.69, 9.17) is 0 Å². The first-order chi connectivity index (χ1) is 13.6. The molecule has 0 aliphatic carbocycles. The number of anilines is 1.